The average Bonchev–Trinajstić information content (AvgIpc) is 2.87. The van der Waals surface area contributed by atoms with Crippen LogP contribution in [0.3, 0.4) is 0 Å². The second-order valence-corrected chi connectivity index (χ2v) is 10.4. The molecular formula is C27H29N3O6S. The van der Waals surface area contributed by atoms with Crippen LogP contribution in [0, 0.1) is 5.41 Å². The van der Waals surface area contributed by atoms with Crippen LogP contribution >= 0.6 is 0 Å². The molecule has 3 rings (SSSR count). The molecule has 1 atom stereocenters. The zero-order valence-corrected chi connectivity index (χ0v) is 21.6. The molecular weight excluding hydrogens is 494 g/mol. The second-order valence-electron chi connectivity index (χ2n) is 8.45. The molecule has 0 saturated heterocycles. The van der Waals surface area contributed by atoms with Crippen LogP contribution in [0.1, 0.15) is 25.3 Å². The summed E-state index contributed by atoms with van der Waals surface area (Å²) in [6.07, 6.45) is 0.193. The van der Waals surface area contributed by atoms with Gasteiger partial charge in [-0.25, -0.2) is 13.2 Å². The molecule has 1 unspecified atom stereocenters. The summed E-state index contributed by atoms with van der Waals surface area (Å²) in [6, 6.07) is 20.0. The van der Waals surface area contributed by atoms with Crippen LogP contribution in [0.25, 0.3) is 11.1 Å². The van der Waals surface area contributed by atoms with Gasteiger partial charge in [-0.05, 0) is 42.3 Å². The molecule has 3 aromatic carbocycles. The molecule has 0 saturated carbocycles. The lowest BCUT2D eigenvalue weighted by atomic mass is 10.1. The van der Waals surface area contributed by atoms with Crippen LogP contribution in [-0.2, 0) is 14.6 Å². The molecule has 10 heteroatoms. The first-order chi connectivity index (χ1) is 17.5. The minimum Gasteiger partial charge on any atom is -0.481 e. The Morgan fingerprint density at radius 3 is 2.35 bits per heavy atom. The van der Waals surface area contributed by atoms with Crippen molar-refractivity contribution in [2.24, 2.45) is 0 Å². The van der Waals surface area contributed by atoms with Gasteiger partial charge in [0.15, 0.2) is 15.9 Å². The Morgan fingerprint density at radius 1 is 1.05 bits per heavy atom. The van der Waals surface area contributed by atoms with E-state index in [0.717, 1.165) is 11.2 Å². The van der Waals surface area contributed by atoms with Crippen LogP contribution in [0.5, 0.6) is 5.75 Å². The number of rotatable bonds is 9. The third-order valence-corrected chi connectivity index (χ3v) is 6.76. The molecule has 0 aromatic heterocycles. The van der Waals surface area contributed by atoms with Gasteiger partial charge in [-0.15, -0.1) is 0 Å². The predicted octanol–water partition coefficient (Wildman–Crippen LogP) is 4.88. The van der Waals surface area contributed by atoms with Crippen molar-refractivity contribution >= 4 is 33.4 Å². The topological polar surface area (TPSA) is 137 Å². The summed E-state index contributed by atoms with van der Waals surface area (Å²) in [5.41, 5.74) is 2.14. The lowest BCUT2D eigenvalue weighted by Crippen LogP contribution is -2.33. The first kappa shape index (κ1) is 27.4. The molecule has 3 aromatic rings. The van der Waals surface area contributed by atoms with E-state index in [1.54, 1.807) is 66.7 Å². The largest absolute Gasteiger partial charge is 0.481 e. The molecule has 0 spiro atoms. The fraction of sp³-hybridized carbons (Fsp3) is 0.222. The van der Waals surface area contributed by atoms with E-state index in [1.807, 2.05) is 6.92 Å². The highest BCUT2D eigenvalue weighted by molar-refractivity contribution is 7.90. The maximum absolute atomic E-state index is 13.0. The van der Waals surface area contributed by atoms with Gasteiger partial charge in [-0.3, -0.25) is 15.1 Å². The normalized spacial score (nSPS) is 11.9. The van der Waals surface area contributed by atoms with Crippen LogP contribution in [0.4, 0.5) is 10.5 Å². The van der Waals surface area contributed by atoms with Gasteiger partial charge in [-0.2, -0.15) is 0 Å². The first-order valence-electron chi connectivity index (χ1n) is 11.5. The fourth-order valence-corrected chi connectivity index (χ4v) is 4.57. The highest BCUT2D eigenvalue weighted by atomic mass is 32.2. The van der Waals surface area contributed by atoms with Crippen LogP contribution in [0.2, 0.25) is 0 Å². The van der Waals surface area contributed by atoms with E-state index in [4.69, 9.17) is 15.3 Å². The number of carbonyl (C=O) groups excluding carboxylic acids is 1. The van der Waals surface area contributed by atoms with Crippen LogP contribution in [0.15, 0.2) is 77.7 Å². The van der Waals surface area contributed by atoms with Crippen molar-refractivity contribution in [3.05, 3.63) is 78.4 Å². The number of amides is 2. The average molecular weight is 524 g/mol. The van der Waals surface area contributed by atoms with E-state index in [2.05, 4.69) is 5.32 Å². The van der Waals surface area contributed by atoms with Crippen molar-refractivity contribution in [3.8, 4) is 16.9 Å². The van der Waals surface area contributed by atoms with Crippen molar-refractivity contribution < 1.29 is 27.9 Å². The summed E-state index contributed by atoms with van der Waals surface area (Å²) < 4.78 is 30.2. The summed E-state index contributed by atoms with van der Waals surface area (Å²) in [7, 11) is -2.13. The lowest BCUT2D eigenvalue weighted by Gasteiger charge is -2.20. The monoisotopic (exact) mass is 523 g/mol. The molecule has 0 aliphatic heterocycles. The number of carboxylic acid groups (broad SMARTS) is 1. The molecule has 0 heterocycles. The van der Waals surface area contributed by atoms with E-state index in [1.165, 1.54) is 13.1 Å². The molecule has 3 N–H and O–H groups in total. The predicted molar refractivity (Wildman–Crippen MR) is 142 cm³/mol. The number of sulfone groups is 1. The number of benzene rings is 3. The summed E-state index contributed by atoms with van der Waals surface area (Å²) >= 11 is 0. The fourth-order valence-electron chi connectivity index (χ4n) is 3.66. The SMILES string of the molecule is CCCC(Oc1cccc(C(=N)N(C)C(=O)O)c1)C(=O)Nc1ccc(-c2ccccc2S(C)(=O)=O)cc1. The van der Waals surface area contributed by atoms with Crippen molar-refractivity contribution in [2.45, 2.75) is 30.8 Å². The van der Waals surface area contributed by atoms with E-state index in [9.17, 15) is 18.0 Å². The maximum Gasteiger partial charge on any atom is 0.412 e. The molecule has 0 radical (unpaired) electrons. The Kier molecular flexibility index (Phi) is 8.67. The summed E-state index contributed by atoms with van der Waals surface area (Å²) in [4.78, 5) is 25.2. The van der Waals surface area contributed by atoms with Crippen molar-refractivity contribution in [2.75, 3.05) is 18.6 Å². The summed E-state index contributed by atoms with van der Waals surface area (Å²) in [5.74, 6) is -0.247. The third kappa shape index (κ3) is 6.95. The standard InChI is InChI=1S/C27H29N3O6S/c1-4-8-23(36-21-10-7-9-19(17-21)25(28)30(2)27(32)33)26(31)29-20-15-13-18(14-16-20)22-11-5-6-12-24(22)37(3,34)35/h5-7,9-17,23,28H,4,8H2,1-3H3,(H,29,31)(H,32,33). The van der Waals surface area contributed by atoms with Crippen molar-refractivity contribution in [1.82, 2.24) is 4.90 Å². The lowest BCUT2D eigenvalue weighted by molar-refractivity contribution is -0.123. The first-order valence-corrected chi connectivity index (χ1v) is 13.4. The summed E-state index contributed by atoms with van der Waals surface area (Å²) in [6.45, 7) is 1.92. The Balaban J connectivity index is 1.76. The van der Waals surface area contributed by atoms with Crippen molar-refractivity contribution in [1.29, 1.82) is 5.41 Å². The molecule has 2 amide bonds. The molecule has 0 bridgehead atoms. The number of hydrogen-bond donors (Lipinski definition) is 3. The maximum atomic E-state index is 13.0. The van der Waals surface area contributed by atoms with Gasteiger partial charge in [0.05, 0.1) is 4.90 Å². The van der Waals surface area contributed by atoms with Crippen LogP contribution in [-0.4, -0.2) is 55.7 Å². The highest BCUT2D eigenvalue weighted by Crippen LogP contribution is 2.28. The van der Waals surface area contributed by atoms with E-state index >= 15 is 0 Å². The molecule has 0 aliphatic carbocycles. The van der Waals surface area contributed by atoms with Gasteiger partial charge < -0.3 is 15.2 Å². The minimum atomic E-state index is -3.41. The van der Waals surface area contributed by atoms with Gasteiger partial charge >= 0.3 is 6.09 Å². The van der Waals surface area contributed by atoms with E-state index < -0.39 is 22.0 Å². The van der Waals surface area contributed by atoms with Gasteiger partial charge in [0.25, 0.3) is 5.91 Å². The van der Waals surface area contributed by atoms with Gasteiger partial charge in [0.2, 0.25) is 0 Å². The van der Waals surface area contributed by atoms with Gasteiger partial charge in [0.1, 0.15) is 11.6 Å². The number of nitrogens with one attached hydrogen (secondary N) is 2. The van der Waals surface area contributed by atoms with Gasteiger partial charge in [-0.1, -0.05) is 55.8 Å². The zero-order chi connectivity index (χ0) is 27.2. The Hall–Kier alpha value is -4.18. The highest BCUT2D eigenvalue weighted by Gasteiger charge is 2.21. The Labute approximate surface area is 216 Å². The number of amidine groups is 1. The number of nitrogens with zero attached hydrogens (tertiary/aromatic N) is 1. The van der Waals surface area contributed by atoms with E-state index in [0.29, 0.717) is 41.0 Å². The molecule has 194 valence electrons. The number of ether oxygens (including phenoxy) is 1. The van der Waals surface area contributed by atoms with Crippen molar-refractivity contribution in [3.63, 3.8) is 0 Å². The molecule has 37 heavy (non-hydrogen) atoms. The second kappa shape index (κ2) is 11.7. The molecule has 0 fully saturated rings. The third-order valence-electron chi connectivity index (χ3n) is 5.60. The minimum absolute atomic E-state index is 0.216. The van der Waals surface area contributed by atoms with Crippen LogP contribution < -0.4 is 10.1 Å². The smallest absolute Gasteiger partial charge is 0.412 e. The number of anilines is 1. The zero-order valence-electron chi connectivity index (χ0n) is 20.8. The summed E-state index contributed by atoms with van der Waals surface area (Å²) in [5, 5.41) is 20.0. The Bertz CT molecular complexity index is 1400. The number of carbonyl (C=O) groups is 2. The quantitative estimate of drug-likeness (QED) is 0.270. The van der Waals surface area contributed by atoms with E-state index in [-0.39, 0.29) is 16.6 Å². The van der Waals surface area contributed by atoms with Gasteiger partial charge in [0, 0.05) is 30.1 Å². The Morgan fingerprint density at radius 2 is 1.73 bits per heavy atom. The molecule has 0 aliphatic rings. The molecule has 9 nitrogen and oxygen atoms in total. The number of hydrogen-bond acceptors (Lipinski definition) is 6.